The zero-order valence-corrected chi connectivity index (χ0v) is 9.93. The van der Waals surface area contributed by atoms with Crippen molar-refractivity contribution in [2.45, 2.75) is 19.4 Å². The quantitative estimate of drug-likeness (QED) is 0.460. The number of ether oxygens (including phenoxy) is 1. The van der Waals surface area contributed by atoms with Gasteiger partial charge in [0.2, 0.25) is 0 Å². The molecule has 0 fully saturated rings. The molecule has 16 heavy (non-hydrogen) atoms. The number of nitrogens with two attached hydrogens (primary N) is 1. The second-order valence-corrected chi connectivity index (χ2v) is 3.90. The van der Waals surface area contributed by atoms with Crippen molar-refractivity contribution in [3.8, 4) is 0 Å². The fourth-order valence-electron chi connectivity index (χ4n) is 1.36. The Labute approximate surface area is 99.7 Å². The number of benzene rings is 1. The van der Waals surface area contributed by atoms with Gasteiger partial charge in [-0.15, -0.1) is 0 Å². The van der Waals surface area contributed by atoms with E-state index in [1.165, 1.54) is 6.07 Å². The summed E-state index contributed by atoms with van der Waals surface area (Å²) in [5.41, 5.74) is 2.99. The lowest BCUT2D eigenvalue weighted by Gasteiger charge is -2.17. The average Bonchev–Trinajstić information content (AvgIpc) is 2.26. The molecule has 1 unspecified atom stereocenters. The maximum Gasteiger partial charge on any atom is 0.129 e. The smallest absolute Gasteiger partial charge is 0.129 e. The van der Waals surface area contributed by atoms with Crippen LogP contribution in [0.15, 0.2) is 18.2 Å². The van der Waals surface area contributed by atoms with Crippen LogP contribution in [0.5, 0.6) is 0 Å². The van der Waals surface area contributed by atoms with E-state index >= 15 is 0 Å². The first-order valence-corrected chi connectivity index (χ1v) is 5.55. The molecule has 0 bridgehead atoms. The molecule has 1 rings (SSSR count). The minimum Gasteiger partial charge on any atom is -0.379 e. The van der Waals surface area contributed by atoms with Crippen molar-refractivity contribution in [2.24, 2.45) is 5.84 Å². The predicted octanol–water partition coefficient (Wildman–Crippen LogP) is 2.41. The Morgan fingerprint density at radius 1 is 1.56 bits per heavy atom. The van der Waals surface area contributed by atoms with E-state index in [0.29, 0.717) is 23.8 Å². The maximum atomic E-state index is 13.6. The maximum absolute atomic E-state index is 13.6. The van der Waals surface area contributed by atoms with Gasteiger partial charge in [-0.05, 0) is 18.6 Å². The summed E-state index contributed by atoms with van der Waals surface area (Å²) in [6, 6.07) is 4.15. The van der Waals surface area contributed by atoms with E-state index in [1.54, 1.807) is 12.1 Å². The van der Waals surface area contributed by atoms with Crippen LogP contribution in [0.3, 0.4) is 0 Å². The zero-order valence-electron chi connectivity index (χ0n) is 9.17. The van der Waals surface area contributed by atoms with Crippen LogP contribution in [-0.4, -0.2) is 13.2 Å². The number of rotatable bonds is 6. The normalized spacial score (nSPS) is 12.8. The molecule has 0 aliphatic rings. The third-order valence-electron chi connectivity index (χ3n) is 2.17. The van der Waals surface area contributed by atoms with Crippen LogP contribution in [0.4, 0.5) is 4.39 Å². The van der Waals surface area contributed by atoms with Gasteiger partial charge in [0.15, 0.2) is 0 Å². The Kier molecular flexibility index (Phi) is 5.69. The average molecular weight is 247 g/mol. The van der Waals surface area contributed by atoms with E-state index in [4.69, 9.17) is 22.2 Å². The fraction of sp³-hybridized carbons (Fsp3) is 0.455. The summed E-state index contributed by atoms with van der Waals surface area (Å²) >= 11 is 5.67. The molecule has 0 radical (unpaired) electrons. The highest BCUT2D eigenvalue weighted by Gasteiger charge is 2.14. The van der Waals surface area contributed by atoms with Crippen LogP contribution in [0.1, 0.15) is 24.9 Å². The van der Waals surface area contributed by atoms with Gasteiger partial charge in [0.05, 0.1) is 12.6 Å². The van der Waals surface area contributed by atoms with E-state index < -0.39 is 0 Å². The molecule has 1 aromatic rings. The zero-order chi connectivity index (χ0) is 12.0. The second kappa shape index (κ2) is 6.81. The van der Waals surface area contributed by atoms with E-state index in [1.807, 2.05) is 6.92 Å². The summed E-state index contributed by atoms with van der Waals surface area (Å²) in [6.45, 7) is 2.98. The fourth-order valence-corrected chi connectivity index (χ4v) is 1.52. The molecule has 5 heteroatoms. The highest BCUT2D eigenvalue weighted by atomic mass is 35.5. The monoisotopic (exact) mass is 246 g/mol. The minimum atomic E-state index is -0.379. The van der Waals surface area contributed by atoms with E-state index in [2.05, 4.69) is 5.43 Å². The standard InChI is InChI=1S/C11H16ClFN2O/c1-2-5-16-7-11(15-14)9-4-3-8(12)6-10(9)13/h3-4,6,11,15H,2,5,7,14H2,1H3. The molecule has 3 N–H and O–H groups in total. The molecule has 0 aromatic heterocycles. The van der Waals surface area contributed by atoms with E-state index in [9.17, 15) is 4.39 Å². The van der Waals surface area contributed by atoms with Crippen LogP contribution in [0.25, 0.3) is 0 Å². The third kappa shape index (κ3) is 3.72. The molecule has 0 heterocycles. The number of hydrazine groups is 1. The summed E-state index contributed by atoms with van der Waals surface area (Å²) < 4.78 is 18.9. The van der Waals surface area contributed by atoms with Crippen LogP contribution < -0.4 is 11.3 Å². The molecule has 1 aromatic carbocycles. The van der Waals surface area contributed by atoms with Crippen LogP contribution in [-0.2, 0) is 4.74 Å². The van der Waals surface area contributed by atoms with Crippen molar-refractivity contribution in [3.05, 3.63) is 34.6 Å². The highest BCUT2D eigenvalue weighted by Crippen LogP contribution is 2.20. The highest BCUT2D eigenvalue weighted by molar-refractivity contribution is 6.30. The summed E-state index contributed by atoms with van der Waals surface area (Å²) in [5.74, 6) is 4.99. The van der Waals surface area contributed by atoms with Gasteiger partial charge in [-0.2, -0.15) is 0 Å². The van der Waals surface area contributed by atoms with Crippen molar-refractivity contribution in [3.63, 3.8) is 0 Å². The lowest BCUT2D eigenvalue weighted by atomic mass is 10.1. The third-order valence-corrected chi connectivity index (χ3v) is 2.41. The topological polar surface area (TPSA) is 47.3 Å². The number of nitrogens with one attached hydrogen (secondary N) is 1. The summed E-state index contributed by atoms with van der Waals surface area (Å²) in [7, 11) is 0. The molecular weight excluding hydrogens is 231 g/mol. The Morgan fingerprint density at radius 3 is 2.88 bits per heavy atom. The van der Waals surface area contributed by atoms with Crippen LogP contribution >= 0.6 is 11.6 Å². The van der Waals surface area contributed by atoms with E-state index in [0.717, 1.165) is 6.42 Å². The Morgan fingerprint density at radius 2 is 2.31 bits per heavy atom. The van der Waals surface area contributed by atoms with Gasteiger partial charge in [0.25, 0.3) is 0 Å². The number of hydrogen-bond acceptors (Lipinski definition) is 3. The molecule has 0 amide bonds. The Balaban J connectivity index is 2.70. The SMILES string of the molecule is CCCOCC(NN)c1ccc(Cl)cc1F. The predicted molar refractivity (Wildman–Crippen MR) is 62.6 cm³/mol. The van der Waals surface area contributed by atoms with Gasteiger partial charge < -0.3 is 4.74 Å². The number of halogens is 2. The lowest BCUT2D eigenvalue weighted by Crippen LogP contribution is -2.32. The lowest BCUT2D eigenvalue weighted by molar-refractivity contribution is 0.111. The first-order chi connectivity index (χ1) is 7.69. The molecule has 0 spiro atoms. The van der Waals surface area contributed by atoms with Crippen molar-refractivity contribution >= 4 is 11.6 Å². The van der Waals surface area contributed by atoms with Gasteiger partial charge in [0, 0.05) is 17.2 Å². The van der Waals surface area contributed by atoms with Gasteiger partial charge in [-0.25, -0.2) is 4.39 Å². The van der Waals surface area contributed by atoms with Gasteiger partial charge in [0.1, 0.15) is 5.82 Å². The molecule has 0 aliphatic heterocycles. The van der Waals surface area contributed by atoms with Gasteiger partial charge >= 0.3 is 0 Å². The summed E-state index contributed by atoms with van der Waals surface area (Å²) in [6.07, 6.45) is 0.917. The summed E-state index contributed by atoms with van der Waals surface area (Å²) in [5, 5.41) is 0.367. The number of hydrogen-bond donors (Lipinski definition) is 2. The van der Waals surface area contributed by atoms with Crippen molar-refractivity contribution in [1.29, 1.82) is 0 Å². The van der Waals surface area contributed by atoms with Crippen molar-refractivity contribution in [1.82, 2.24) is 5.43 Å². The van der Waals surface area contributed by atoms with E-state index in [-0.39, 0.29) is 11.9 Å². The first kappa shape index (κ1) is 13.4. The Hall–Kier alpha value is -0.680. The van der Waals surface area contributed by atoms with Crippen molar-refractivity contribution in [2.75, 3.05) is 13.2 Å². The minimum absolute atomic E-state index is 0.336. The molecule has 1 atom stereocenters. The molecule has 0 aliphatic carbocycles. The summed E-state index contributed by atoms with van der Waals surface area (Å²) in [4.78, 5) is 0. The largest absolute Gasteiger partial charge is 0.379 e. The molecule has 3 nitrogen and oxygen atoms in total. The molecule has 0 saturated carbocycles. The van der Waals surface area contributed by atoms with Crippen LogP contribution in [0.2, 0.25) is 5.02 Å². The second-order valence-electron chi connectivity index (χ2n) is 3.46. The molecule has 90 valence electrons. The Bertz CT molecular complexity index is 336. The first-order valence-electron chi connectivity index (χ1n) is 5.17. The molecular formula is C11H16ClFN2O. The van der Waals surface area contributed by atoms with Crippen LogP contribution in [0, 0.1) is 5.82 Å². The molecule has 0 saturated heterocycles. The van der Waals surface area contributed by atoms with Gasteiger partial charge in [-0.3, -0.25) is 11.3 Å². The van der Waals surface area contributed by atoms with Crippen molar-refractivity contribution < 1.29 is 9.13 Å². The van der Waals surface area contributed by atoms with Gasteiger partial charge in [-0.1, -0.05) is 24.6 Å².